The first-order valence-electron chi connectivity index (χ1n) is 8.43. The van der Waals surface area contributed by atoms with Crippen molar-refractivity contribution in [2.24, 2.45) is 10.7 Å². The van der Waals surface area contributed by atoms with Crippen LogP contribution < -0.4 is 11.2 Å². The van der Waals surface area contributed by atoms with Crippen molar-refractivity contribution in [3.8, 4) is 11.5 Å². The van der Waals surface area contributed by atoms with Gasteiger partial charge in [-0.2, -0.15) is 10.1 Å². The van der Waals surface area contributed by atoms with E-state index in [1.807, 2.05) is 0 Å². The van der Waals surface area contributed by atoms with E-state index in [1.165, 1.54) is 65.9 Å². The lowest BCUT2D eigenvalue weighted by molar-refractivity contribution is -0.534. The van der Waals surface area contributed by atoms with Crippen LogP contribution in [0, 0.1) is 0 Å². The Balaban J connectivity index is 0.000000467. The predicted molar refractivity (Wildman–Crippen MR) is 103 cm³/mol. The van der Waals surface area contributed by atoms with Gasteiger partial charge in [-0.3, -0.25) is 19.4 Å². The maximum Gasteiger partial charge on any atom is 0.340 e. The number of ether oxygens (including phenoxy) is 2. The van der Waals surface area contributed by atoms with Crippen LogP contribution in [0.2, 0.25) is 0 Å². The molecule has 1 heterocycles. The monoisotopic (exact) mass is 434 g/mol. The number of nitrogens with two attached hydrogens (primary N) is 1. The van der Waals surface area contributed by atoms with E-state index >= 15 is 0 Å². The van der Waals surface area contributed by atoms with Gasteiger partial charge in [-0.1, -0.05) is 11.1 Å². The Bertz CT molecular complexity index is 680. The molecule has 0 aliphatic carbocycles. The first-order valence-corrected chi connectivity index (χ1v) is 8.43. The molecule has 14 heteroatoms. The Kier molecular flexibility index (Phi) is 9.63. The summed E-state index contributed by atoms with van der Waals surface area (Å²) in [6.07, 6.45) is 0. The molecule has 5 N–H and O–H groups in total. The number of guanidine groups is 1. The van der Waals surface area contributed by atoms with Gasteiger partial charge in [0.2, 0.25) is 5.96 Å². The normalized spacial score (nSPS) is 24.4. The number of nitrogens with zero attached hydrogens (tertiary/aromatic N) is 4. The van der Waals surface area contributed by atoms with Crippen molar-refractivity contribution in [2.75, 3.05) is 49.7 Å². The van der Waals surface area contributed by atoms with E-state index in [-0.39, 0.29) is 17.5 Å². The second-order valence-corrected chi connectivity index (χ2v) is 5.52. The topological polar surface area (TPSA) is 156 Å². The average molecular weight is 434 g/mol. The standard InChI is InChI=1S/C10H24N6O6.C6H6O2/c1-14(20-5)10(18-3)15(21-6)8(11)12-9(17-2,13-19-4)16(10)22-7;7-5-2-1-3-6(8)4-5/h13H,1-7H3,(H2,11,12);1-4,7-8H. The lowest BCUT2D eigenvalue weighted by atomic mass is 10.3. The summed E-state index contributed by atoms with van der Waals surface area (Å²) in [6.45, 7) is 0. The summed E-state index contributed by atoms with van der Waals surface area (Å²) >= 11 is 0. The SMILES string of the molecule is CONC1(OC)N=C(N)N(OC)C(OC)(N(C)OC)N1OC.Oc1cccc(O)c1. The highest BCUT2D eigenvalue weighted by Gasteiger charge is 2.63. The van der Waals surface area contributed by atoms with E-state index in [9.17, 15) is 0 Å². The fraction of sp³-hybridized carbons (Fsp3) is 0.562. The van der Waals surface area contributed by atoms with E-state index in [4.69, 9.17) is 44.8 Å². The fourth-order valence-corrected chi connectivity index (χ4v) is 2.66. The van der Waals surface area contributed by atoms with E-state index in [0.717, 1.165) is 10.1 Å². The molecule has 2 rings (SSSR count). The minimum atomic E-state index is -1.66. The molecule has 0 fully saturated rings. The molecule has 0 amide bonds. The van der Waals surface area contributed by atoms with Gasteiger partial charge in [-0.25, -0.2) is 0 Å². The first kappa shape index (κ1) is 25.8. The molecule has 0 bridgehead atoms. The Labute approximate surface area is 174 Å². The zero-order valence-corrected chi connectivity index (χ0v) is 18.0. The van der Waals surface area contributed by atoms with Crippen LogP contribution in [0.25, 0.3) is 0 Å². The predicted octanol–water partition coefficient (Wildman–Crippen LogP) is -0.701. The van der Waals surface area contributed by atoms with Crippen LogP contribution in [0.3, 0.4) is 0 Å². The zero-order valence-electron chi connectivity index (χ0n) is 18.0. The molecular weight excluding hydrogens is 404 g/mol. The van der Waals surface area contributed by atoms with Crippen molar-refractivity contribution in [1.29, 1.82) is 0 Å². The van der Waals surface area contributed by atoms with Gasteiger partial charge in [-0.15, -0.1) is 10.5 Å². The Morgan fingerprint density at radius 3 is 1.97 bits per heavy atom. The Morgan fingerprint density at radius 2 is 1.63 bits per heavy atom. The maximum atomic E-state index is 8.65. The second-order valence-electron chi connectivity index (χ2n) is 5.52. The molecule has 14 nitrogen and oxygen atoms in total. The number of nitrogens with one attached hydrogen (secondary N) is 1. The third-order valence-electron chi connectivity index (χ3n) is 3.95. The maximum absolute atomic E-state index is 8.65. The lowest BCUT2D eigenvalue weighted by Crippen LogP contribution is -2.81. The average Bonchev–Trinajstić information content (AvgIpc) is 2.72. The minimum absolute atomic E-state index is 0.0760. The van der Waals surface area contributed by atoms with Crippen molar-refractivity contribution >= 4 is 5.96 Å². The number of aromatic hydroxyl groups is 2. The number of methoxy groups -OCH3 is 2. The van der Waals surface area contributed by atoms with Crippen molar-refractivity contribution in [1.82, 2.24) is 20.7 Å². The summed E-state index contributed by atoms with van der Waals surface area (Å²) in [5.74, 6) is -3.18. The molecule has 1 aromatic carbocycles. The largest absolute Gasteiger partial charge is 0.508 e. The second kappa shape index (κ2) is 11.2. The van der Waals surface area contributed by atoms with Crippen LogP contribution in [-0.2, 0) is 28.8 Å². The number of hydrogen-bond acceptors (Lipinski definition) is 14. The van der Waals surface area contributed by atoms with E-state index in [2.05, 4.69) is 10.5 Å². The highest BCUT2D eigenvalue weighted by atomic mass is 16.9. The highest BCUT2D eigenvalue weighted by molar-refractivity contribution is 5.78. The number of phenolic OH excluding ortho intramolecular Hbond substituents is 2. The van der Waals surface area contributed by atoms with Gasteiger partial charge in [0.25, 0.3) is 0 Å². The lowest BCUT2D eigenvalue weighted by Gasteiger charge is -2.55. The van der Waals surface area contributed by atoms with Gasteiger partial charge < -0.3 is 25.4 Å². The molecule has 2 unspecified atom stereocenters. The minimum Gasteiger partial charge on any atom is -0.508 e. The smallest absolute Gasteiger partial charge is 0.340 e. The molecule has 1 aliphatic rings. The summed E-state index contributed by atoms with van der Waals surface area (Å²) in [7, 11) is 9.95. The van der Waals surface area contributed by atoms with Gasteiger partial charge >= 0.3 is 11.9 Å². The van der Waals surface area contributed by atoms with Crippen LogP contribution in [0.4, 0.5) is 0 Å². The van der Waals surface area contributed by atoms with Crippen molar-refractivity contribution in [2.45, 2.75) is 11.9 Å². The molecule has 172 valence electrons. The molecule has 2 atom stereocenters. The Hall–Kier alpha value is -2.27. The van der Waals surface area contributed by atoms with E-state index in [1.54, 1.807) is 13.1 Å². The van der Waals surface area contributed by atoms with E-state index in [0.29, 0.717) is 0 Å². The summed E-state index contributed by atoms with van der Waals surface area (Å²) < 4.78 is 11.0. The first-order chi connectivity index (χ1) is 14.2. The van der Waals surface area contributed by atoms with Crippen LogP contribution in [-0.4, -0.2) is 93.0 Å². The molecule has 1 aliphatic heterocycles. The molecule has 0 spiro atoms. The zero-order chi connectivity index (χ0) is 22.9. The number of rotatable bonds is 8. The third kappa shape index (κ3) is 4.89. The highest BCUT2D eigenvalue weighted by Crippen LogP contribution is 2.36. The molecule has 30 heavy (non-hydrogen) atoms. The number of aliphatic imine (C=N–C) groups is 1. The van der Waals surface area contributed by atoms with Crippen molar-refractivity contribution in [3.63, 3.8) is 0 Å². The number of benzene rings is 1. The van der Waals surface area contributed by atoms with Gasteiger partial charge in [0, 0.05) is 27.3 Å². The van der Waals surface area contributed by atoms with Crippen molar-refractivity contribution < 1.29 is 39.0 Å². The van der Waals surface area contributed by atoms with Crippen LogP contribution >= 0.6 is 0 Å². The summed E-state index contributed by atoms with van der Waals surface area (Å²) in [5, 5.41) is 20.9. The van der Waals surface area contributed by atoms with Crippen molar-refractivity contribution in [3.05, 3.63) is 24.3 Å². The molecule has 0 aromatic heterocycles. The van der Waals surface area contributed by atoms with Crippen LogP contribution in [0.1, 0.15) is 0 Å². The number of phenols is 2. The van der Waals surface area contributed by atoms with E-state index < -0.39 is 11.9 Å². The summed E-state index contributed by atoms with van der Waals surface area (Å²) in [5.41, 5.74) is 8.52. The molecule has 0 saturated heterocycles. The number of hydroxylamine groups is 7. The number of hydrogen-bond donors (Lipinski definition) is 4. The summed E-state index contributed by atoms with van der Waals surface area (Å²) in [6, 6.07) is 5.85. The van der Waals surface area contributed by atoms with Gasteiger partial charge in [0.05, 0.1) is 28.4 Å². The quantitative estimate of drug-likeness (QED) is 0.301. The van der Waals surface area contributed by atoms with Gasteiger partial charge in [0.1, 0.15) is 11.5 Å². The fourth-order valence-electron chi connectivity index (χ4n) is 2.66. The Morgan fingerprint density at radius 1 is 1.03 bits per heavy atom. The molecule has 0 radical (unpaired) electrons. The molecule has 1 aromatic rings. The molecule has 0 saturated carbocycles. The van der Waals surface area contributed by atoms with Crippen LogP contribution in [0.15, 0.2) is 29.3 Å². The third-order valence-corrected chi connectivity index (χ3v) is 3.95. The van der Waals surface area contributed by atoms with Crippen LogP contribution in [0.5, 0.6) is 11.5 Å². The molecular formula is C16H30N6O8. The van der Waals surface area contributed by atoms with Gasteiger partial charge in [-0.05, 0) is 12.1 Å². The summed E-state index contributed by atoms with van der Waals surface area (Å²) in [4.78, 5) is 25.0. The van der Waals surface area contributed by atoms with Gasteiger partial charge in [0.15, 0.2) is 0 Å².